The Kier molecular flexibility index (Phi) is 6.02. The Hall–Kier alpha value is -0.0000000000000000555. The molecule has 0 fully saturated rings. The highest BCUT2D eigenvalue weighted by Crippen LogP contribution is 2.14. The molecule has 10 heavy (non-hydrogen) atoms. The first-order valence-electron chi connectivity index (χ1n) is 2.41. The molecule has 0 aromatic rings. The molecule has 0 heterocycles. The number of nitrogens with one attached hydrogen (secondary N) is 1. The third-order valence-corrected chi connectivity index (χ3v) is 0.798. The number of halogens is 4. The topological polar surface area (TPSA) is 15.3 Å². The molecule has 0 atom stereocenters. The van der Waals surface area contributed by atoms with E-state index >= 15 is 0 Å². The lowest BCUT2D eigenvalue weighted by Gasteiger charge is -2.16. The minimum atomic E-state index is -4.11. The van der Waals surface area contributed by atoms with Gasteiger partial charge in [-0.15, -0.1) is 12.4 Å². The van der Waals surface area contributed by atoms with Crippen molar-refractivity contribution in [2.75, 3.05) is 20.6 Å². The monoisotopic (exact) mass is 178 g/mol. The van der Waals surface area contributed by atoms with Crippen LogP contribution >= 0.6 is 12.4 Å². The minimum Gasteiger partial charge on any atom is -0.258 e. The average Bonchev–Trinajstić information content (AvgIpc) is 1.62. The molecule has 6 heteroatoms. The van der Waals surface area contributed by atoms with Crippen molar-refractivity contribution in [3.8, 4) is 0 Å². The van der Waals surface area contributed by atoms with Gasteiger partial charge in [-0.25, -0.2) is 5.01 Å². The third kappa shape index (κ3) is 8.00. The molecule has 0 unspecified atom stereocenters. The molecule has 0 saturated carbocycles. The van der Waals surface area contributed by atoms with Crippen LogP contribution in [0.5, 0.6) is 0 Å². The van der Waals surface area contributed by atoms with E-state index in [1.165, 1.54) is 14.1 Å². The maximum Gasteiger partial charge on any atom is 0.402 e. The Morgan fingerprint density at radius 2 is 1.80 bits per heavy atom. The van der Waals surface area contributed by atoms with E-state index < -0.39 is 12.7 Å². The molecule has 0 bridgehead atoms. The van der Waals surface area contributed by atoms with Crippen LogP contribution in [0.3, 0.4) is 0 Å². The van der Waals surface area contributed by atoms with Gasteiger partial charge in [-0.3, -0.25) is 5.43 Å². The first-order valence-corrected chi connectivity index (χ1v) is 2.41. The fourth-order valence-electron chi connectivity index (χ4n) is 0.348. The summed E-state index contributed by atoms with van der Waals surface area (Å²) in [4.78, 5) is 0. The summed E-state index contributed by atoms with van der Waals surface area (Å²) in [5.74, 6) is 0. The summed E-state index contributed by atoms with van der Waals surface area (Å²) in [5.41, 5.74) is 2.33. The summed E-state index contributed by atoms with van der Waals surface area (Å²) in [6.07, 6.45) is -4.11. The molecular weight excluding hydrogens is 169 g/mol. The van der Waals surface area contributed by atoms with E-state index in [9.17, 15) is 13.2 Å². The summed E-state index contributed by atoms with van der Waals surface area (Å²) in [7, 11) is 2.76. The second kappa shape index (κ2) is 4.76. The molecule has 2 nitrogen and oxygen atoms in total. The summed E-state index contributed by atoms with van der Waals surface area (Å²) >= 11 is 0. The maximum atomic E-state index is 11.4. The Morgan fingerprint density at radius 3 is 1.90 bits per heavy atom. The van der Waals surface area contributed by atoms with Gasteiger partial charge >= 0.3 is 6.18 Å². The van der Waals surface area contributed by atoms with Gasteiger partial charge in [-0.2, -0.15) is 13.2 Å². The molecule has 0 aromatic carbocycles. The van der Waals surface area contributed by atoms with E-state index in [2.05, 4.69) is 5.43 Å². The number of hydrogen-bond acceptors (Lipinski definition) is 2. The highest BCUT2D eigenvalue weighted by molar-refractivity contribution is 5.85. The van der Waals surface area contributed by atoms with Crippen LogP contribution in [0, 0.1) is 0 Å². The Bertz CT molecular complexity index is 85.1. The maximum absolute atomic E-state index is 11.4. The summed E-state index contributed by atoms with van der Waals surface area (Å²) in [5, 5.41) is 0.958. The van der Waals surface area contributed by atoms with Gasteiger partial charge in [0.05, 0.1) is 0 Å². The van der Waals surface area contributed by atoms with E-state index in [0.717, 1.165) is 5.01 Å². The summed E-state index contributed by atoms with van der Waals surface area (Å²) in [6, 6.07) is 0. The van der Waals surface area contributed by atoms with Crippen molar-refractivity contribution >= 4 is 12.4 Å². The van der Waals surface area contributed by atoms with E-state index in [0.29, 0.717) is 0 Å². The molecule has 1 N–H and O–H groups in total. The van der Waals surface area contributed by atoms with Crippen molar-refractivity contribution in [2.24, 2.45) is 0 Å². The fourth-order valence-corrected chi connectivity index (χ4v) is 0.348. The predicted octanol–water partition coefficient (Wildman–Crippen LogP) is 1.04. The van der Waals surface area contributed by atoms with Crippen LogP contribution < -0.4 is 5.43 Å². The molecule has 0 amide bonds. The predicted molar refractivity (Wildman–Crippen MR) is 35.0 cm³/mol. The van der Waals surface area contributed by atoms with Crippen molar-refractivity contribution in [2.45, 2.75) is 6.18 Å². The standard InChI is InChI=1S/C4H9F3N2.ClH/c1-8-9(2)3-4(5,6)7;/h8H,3H2,1-2H3;1H. The fraction of sp³-hybridized carbons (Fsp3) is 1.00. The SMILES string of the molecule is CNN(C)CC(F)(F)F.Cl. The zero-order valence-corrected chi connectivity index (χ0v) is 6.51. The van der Waals surface area contributed by atoms with Crippen molar-refractivity contribution < 1.29 is 13.2 Å². The van der Waals surface area contributed by atoms with Crippen molar-refractivity contribution in [3.63, 3.8) is 0 Å². The molecule has 0 aliphatic heterocycles. The number of hydrogen-bond donors (Lipinski definition) is 1. The van der Waals surface area contributed by atoms with Crippen LogP contribution in [0.25, 0.3) is 0 Å². The first-order chi connectivity index (χ1) is 3.95. The van der Waals surface area contributed by atoms with Crippen molar-refractivity contribution in [1.82, 2.24) is 10.4 Å². The van der Waals surface area contributed by atoms with Crippen LogP contribution in [0.15, 0.2) is 0 Å². The second-order valence-corrected chi connectivity index (χ2v) is 1.69. The molecule has 0 radical (unpaired) electrons. The third-order valence-electron chi connectivity index (χ3n) is 0.798. The van der Waals surface area contributed by atoms with E-state index in [4.69, 9.17) is 0 Å². The van der Waals surface area contributed by atoms with Crippen LogP contribution in [-0.4, -0.2) is 31.8 Å². The zero-order valence-electron chi connectivity index (χ0n) is 5.70. The molecule has 0 aromatic heterocycles. The van der Waals surface area contributed by atoms with Crippen LogP contribution in [0.4, 0.5) is 13.2 Å². The quantitative estimate of drug-likeness (QED) is 0.636. The molecule has 0 rings (SSSR count). The van der Waals surface area contributed by atoms with E-state index in [-0.39, 0.29) is 12.4 Å². The number of nitrogens with zero attached hydrogens (tertiary/aromatic N) is 1. The van der Waals surface area contributed by atoms with Gasteiger partial charge in [0.2, 0.25) is 0 Å². The Balaban J connectivity index is 0. The van der Waals surface area contributed by atoms with Gasteiger partial charge in [-0.05, 0) is 7.05 Å². The van der Waals surface area contributed by atoms with Gasteiger partial charge in [-0.1, -0.05) is 0 Å². The average molecular weight is 179 g/mol. The van der Waals surface area contributed by atoms with Crippen LogP contribution in [-0.2, 0) is 0 Å². The summed E-state index contributed by atoms with van der Waals surface area (Å²) < 4.78 is 34.2. The highest BCUT2D eigenvalue weighted by atomic mass is 35.5. The normalized spacial score (nSPS) is 11.4. The van der Waals surface area contributed by atoms with Gasteiger partial charge in [0.25, 0.3) is 0 Å². The van der Waals surface area contributed by atoms with E-state index in [1.807, 2.05) is 0 Å². The lowest BCUT2D eigenvalue weighted by atomic mass is 10.6. The summed E-state index contributed by atoms with van der Waals surface area (Å²) in [6.45, 7) is -0.927. The minimum absolute atomic E-state index is 0. The van der Waals surface area contributed by atoms with E-state index in [1.54, 1.807) is 0 Å². The molecule has 0 spiro atoms. The molecule has 64 valence electrons. The highest BCUT2D eigenvalue weighted by Gasteiger charge is 2.28. The Morgan fingerprint density at radius 1 is 1.40 bits per heavy atom. The van der Waals surface area contributed by atoms with Crippen molar-refractivity contribution in [1.29, 1.82) is 0 Å². The lowest BCUT2D eigenvalue weighted by molar-refractivity contribution is -0.147. The van der Waals surface area contributed by atoms with Crippen LogP contribution in [0.1, 0.15) is 0 Å². The molecule has 0 aliphatic rings. The number of alkyl halides is 3. The van der Waals surface area contributed by atoms with Gasteiger partial charge in [0.1, 0.15) is 6.54 Å². The van der Waals surface area contributed by atoms with Gasteiger partial charge in [0.15, 0.2) is 0 Å². The first kappa shape index (κ1) is 12.7. The second-order valence-electron chi connectivity index (χ2n) is 1.69. The smallest absolute Gasteiger partial charge is 0.258 e. The van der Waals surface area contributed by atoms with Gasteiger partial charge < -0.3 is 0 Å². The molecular formula is C4H10ClF3N2. The van der Waals surface area contributed by atoms with Crippen molar-refractivity contribution in [3.05, 3.63) is 0 Å². The zero-order chi connectivity index (χ0) is 7.49. The molecule has 0 aliphatic carbocycles. The van der Waals surface area contributed by atoms with Crippen LogP contribution in [0.2, 0.25) is 0 Å². The Labute approximate surface area is 63.8 Å². The largest absolute Gasteiger partial charge is 0.402 e. The lowest BCUT2D eigenvalue weighted by Crippen LogP contribution is -2.38. The van der Waals surface area contributed by atoms with Gasteiger partial charge in [0, 0.05) is 7.05 Å². The molecule has 0 saturated heterocycles. The number of rotatable bonds is 2. The number of hydrazine groups is 1.